The van der Waals surface area contributed by atoms with E-state index in [1.54, 1.807) is 0 Å². The Bertz CT molecular complexity index is 318. The molecule has 1 aliphatic rings. The molecule has 0 spiro atoms. The van der Waals surface area contributed by atoms with Crippen molar-refractivity contribution < 1.29 is 4.74 Å². The lowest BCUT2D eigenvalue weighted by Gasteiger charge is -2.22. The first kappa shape index (κ1) is 11.5. The van der Waals surface area contributed by atoms with Crippen molar-refractivity contribution in [1.82, 2.24) is 5.32 Å². The van der Waals surface area contributed by atoms with Gasteiger partial charge in [0, 0.05) is 12.5 Å². The van der Waals surface area contributed by atoms with E-state index in [-0.39, 0.29) is 0 Å². The van der Waals surface area contributed by atoms with Gasteiger partial charge in [0.2, 0.25) is 0 Å². The summed E-state index contributed by atoms with van der Waals surface area (Å²) in [6.07, 6.45) is 3.64. The summed E-state index contributed by atoms with van der Waals surface area (Å²) < 4.78 is 5.85. The number of hydrogen-bond donors (Lipinski definition) is 1. The normalized spacial score (nSPS) is 20.7. The van der Waals surface area contributed by atoms with Gasteiger partial charge < -0.3 is 10.1 Å². The summed E-state index contributed by atoms with van der Waals surface area (Å²) in [7, 11) is 0. The highest BCUT2D eigenvalue weighted by Crippen LogP contribution is 2.16. The molecular formula is C14H21NO. The van der Waals surface area contributed by atoms with Crippen molar-refractivity contribution in [3.05, 3.63) is 29.8 Å². The molecule has 1 atom stereocenters. The molecular weight excluding hydrogens is 198 g/mol. The molecule has 1 aliphatic heterocycles. The molecule has 1 saturated heterocycles. The summed E-state index contributed by atoms with van der Waals surface area (Å²) in [5.41, 5.74) is 1.35. The van der Waals surface area contributed by atoms with E-state index in [0.717, 1.165) is 25.3 Å². The Morgan fingerprint density at radius 2 is 2.38 bits per heavy atom. The Morgan fingerprint density at radius 1 is 1.44 bits per heavy atom. The van der Waals surface area contributed by atoms with Gasteiger partial charge in [-0.25, -0.2) is 0 Å². The third kappa shape index (κ3) is 3.24. The van der Waals surface area contributed by atoms with Crippen LogP contribution in [0.25, 0.3) is 0 Å². The molecule has 0 bridgehead atoms. The zero-order chi connectivity index (χ0) is 11.2. The molecule has 1 N–H and O–H groups in total. The smallest absolute Gasteiger partial charge is 0.119 e. The molecule has 88 valence electrons. The third-order valence-electron chi connectivity index (χ3n) is 3.19. The van der Waals surface area contributed by atoms with E-state index in [1.165, 1.54) is 24.9 Å². The van der Waals surface area contributed by atoms with Crippen LogP contribution in [0.3, 0.4) is 0 Å². The van der Waals surface area contributed by atoms with Crippen LogP contribution in [0, 0.1) is 5.92 Å². The number of nitrogens with one attached hydrogen (secondary N) is 1. The molecule has 0 radical (unpaired) electrons. The standard InChI is InChI=1S/C14H21NO/c1-2-12-5-3-7-14(9-12)16-11-13-6-4-8-15-10-13/h3,5,7,9,13,15H,2,4,6,8,10-11H2,1H3. The van der Waals surface area contributed by atoms with Crippen molar-refractivity contribution in [2.45, 2.75) is 26.2 Å². The first-order valence-corrected chi connectivity index (χ1v) is 6.31. The molecule has 16 heavy (non-hydrogen) atoms. The van der Waals surface area contributed by atoms with Gasteiger partial charge in [-0.1, -0.05) is 19.1 Å². The fourth-order valence-electron chi connectivity index (χ4n) is 2.14. The second-order valence-corrected chi connectivity index (χ2v) is 4.52. The lowest BCUT2D eigenvalue weighted by atomic mass is 10.0. The fraction of sp³-hybridized carbons (Fsp3) is 0.571. The lowest BCUT2D eigenvalue weighted by molar-refractivity contribution is 0.218. The molecule has 0 amide bonds. The molecule has 0 saturated carbocycles. The predicted molar refractivity (Wildman–Crippen MR) is 66.9 cm³/mol. The quantitative estimate of drug-likeness (QED) is 0.840. The zero-order valence-corrected chi connectivity index (χ0v) is 10.0. The topological polar surface area (TPSA) is 21.3 Å². The zero-order valence-electron chi connectivity index (χ0n) is 10.0. The second-order valence-electron chi connectivity index (χ2n) is 4.52. The van der Waals surface area contributed by atoms with E-state index in [2.05, 4.69) is 36.5 Å². The predicted octanol–water partition coefficient (Wildman–Crippen LogP) is 2.63. The van der Waals surface area contributed by atoms with E-state index in [0.29, 0.717) is 5.92 Å². The summed E-state index contributed by atoms with van der Waals surface area (Å²) in [5.74, 6) is 1.70. The molecule has 2 heteroatoms. The molecule has 1 aromatic carbocycles. The minimum Gasteiger partial charge on any atom is -0.493 e. The molecule has 2 nitrogen and oxygen atoms in total. The maximum absolute atomic E-state index is 5.85. The molecule has 1 heterocycles. The number of aryl methyl sites for hydroxylation is 1. The van der Waals surface area contributed by atoms with Gasteiger partial charge in [0.25, 0.3) is 0 Å². The molecule has 1 aromatic rings. The van der Waals surface area contributed by atoms with E-state index < -0.39 is 0 Å². The van der Waals surface area contributed by atoms with Gasteiger partial charge in [0.15, 0.2) is 0 Å². The first-order valence-electron chi connectivity index (χ1n) is 6.31. The highest BCUT2D eigenvalue weighted by atomic mass is 16.5. The summed E-state index contributed by atoms with van der Waals surface area (Å²) in [4.78, 5) is 0. The van der Waals surface area contributed by atoms with Gasteiger partial charge in [-0.05, 0) is 43.5 Å². The van der Waals surface area contributed by atoms with Crippen LogP contribution in [-0.2, 0) is 6.42 Å². The van der Waals surface area contributed by atoms with Crippen LogP contribution in [0.5, 0.6) is 5.75 Å². The largest absolute Gasteiger partial charge is 0.493 e. The minimum absolute atomic E-state index is 0.680. The first-order chi connectivity index (χ1) is 7.88. The molecule has 1 fully saturated rings. The van der Waals surface area contributed by atoms with E-state index in [1.807, 2.05) is 0 Å². The Morgan fingerprint density at radius 3 is 3.12 bits per heavy atom. The van der Waals surface area contributed by atoms with Crippen LogP contribution >= 0.6 is 0 Å². The van der Waals surface area contributed by atoms with E-state index in [4.69, 9.17) is 4.74 Å². The highest BCUT2D eigenvalue weighted by Gasteiger charge is 2.13. The van der Waals surface area contributed by atoms with E-state index >= 15 is 0 Å². The van der Waals surface area contributed by atoms with Crippen molar-refractivity contribution >= 4 is 0 Å². The van der Waals surface area contributed by atoms with Crippen molar-refractivity contribution in [2.75, 3.05) is 19.7 Å². The third-order valence-corrected chi connectivity index (χ3v) is 3.19. The van der Waals surface area contributed by atoms with Crippen LogP contribution in [-0.4, -0.2) is 19.7 Å². The van der Waals surface area contributed by atoms with Gasteiger partial charge in [-0.2, -0.15) is 0 Å². The van der Waals surface area contributed by atoms with Crippen molar-refractivity contribution in [1.29, 1.82) is 0 Å². The highest BCUT2D eigenvalue weighted by molar-refractivity contribution is 5.28. The molecule has 1 unspecified atom stereocenters. The average molecular weight is 219 g/mol. The number of benzene rings is 1. The number of hydrogen-bond acceptors (Lipinski definition) is 2. The summed E-state index contributed by atoms with van der Waals surface area (Å²) in [6, 6.07) is 8.42. The van der Waals surface area contributed by atoms with Crippen LogP contribution in [0.4, 0.5) is 0 Å². The van der Waals surface area contributed by atoms with Crippen molar-refractivity contribution in [2.24, 2.45) is 5.92 Å². The maximum Gasteiger partial charge on any atom is 0.119 e. The summed E-state index contributed by atoms with van der Waals surface area (Å²) in [5, 5.41) is 3.41. The SMILES string of the molecule is CCc1cccc(OCC2CCCNC2)c1. The number of piperidine rings is 1. The molecule has 0 aromatic heterocycles. The van der Waals surface area contributed by atoms with Crippen LogP contribution in [0.2, 0.25) is 0 Å². The Labute approximate surface area is 98.0 Å². The van der Waals surface area contributed by atoms with Gasteiger partial charge in [0.05, 0.1) is 6.61 Å². The fourth-order valence-corrected chi connectivity index (χ4v) is 2.14. The lowest BCUT2D eigenvalue weighted by Crippen LogP contribution is -2.33. The van der Waals surface area contributed by atoms with Gasteiger partial charge in [0.1, 0.15) is 5.75 Å². The molecule has 2 rings (SSSR count). The summed E-state index contributed by atoms with van der Waals surface area (Å²) >= 11 is 0. The molecule has 0 aliphatic carbocycles. The average Bonchev–Trinajstić information content (AvgIpc) is 2.38. The Hall–Kier alpha value is -1.02. The van der Waals surface area contributed by atoms with Crippen LogP contribution in [0.1, 0.15) is 25.3 Å². The minimum atomic E-state index is 0.680. The van der Waals surface area contributed by atoms with Crippen molar-refractivity contribution in [3.63, 3.8) is 0 Å². The number of ether oxygens (including phenoxy) is 1. The van der Waals surface area contributed by atoms with Crippen LogP contribution < -0.4 is 10.1 Å². The van der Waals surface area contributed by atoms with E-state index in [9.17, 15) is 0 Å². The monoisotopic (exact) mass is 219 g/mol. The Balaban J connectivity index is 1.83. The van der Waals surface area contributed by atoms with Crippen molar-refractivity contribution in [3.8, 4) is 5.75 Å². The maximum atomic E-state index is 5.85. The van der Waals surface area contributed by atoms with Gasteiger partial charge >= 0.3 is 0 Å². The number of rotatable bonds is 4. The second kappa shape index (κ2) is 5.90. The van der Waals surface area contributed by atoms with Gasteiger partial charge in [-0.15, -0.1) is 0 Å². The van der Waals surface area contributed by atoms with Gasteiger partial charge in [-0.3, -0.25) is 0 Å². The Kier molecular flexibility index (Phi) is 4.23. The summed E-state index contributed by atoms with van der Waals surface area (Å²) in [6.45, 7) is 5.29. The van der Waals surface area contributed by atoms with Crippen LogP contribution in [0.15, 0.2) is 24.3 Å².